The summed E-state index contributed by atoms with van der Waals surface area (Å²) in [6, 6.07) is 3.63. The minimum Gasteiger partial charge on any atom is -0.510 e. The van der Waals surface area contributed by atoms with Crippen LogP contribution in [0.1, 0.15) is 32.3 Å². The van der Waals surface area contributed by atoms with E-state index in [2.05, 4.69) is 29.1 Å². The van der Waals surface area contributed by atoms with Gasteiger partial charge >= 0.3 is 0 Å². The van der Waals surface area contributed by atoms with E-state index in [4.69, 9.17) is 0 Å². The molecule has 1 N–H and O–H groups in total. The SMILES string of the molecule is Cc1ccc(N=NC2=C(O)C3CC(C)C(C)CC3C2=O)nc1. The minimum absolute atomic E-state index is 0.0721. The van der Waals surface area contributed by atoms with E-state index in [1.165, 1.54) is 0 Å². The summed E-state index contributed by atoms with van der Waals surface area (Å²) in [4.78, 5) is 16.6. The number of fused-ring (bicyclic) bond motifs is 1. The van der Waals surface area contributed by atoms with Crippen molar-refractivity contribution in [3.63, 3.8) is 0 Å². The van der Waals surface area contributed by atoms with Crippen molar-refractivity contribution in [3.05, 3.63) is 35.3 Å². The summed E-state index contributed by atoms with van der Waals surface area (Å²) in [6.45, 7) is 6.28. The molecule has 0 saturated heterocycles. The van der Waals surface area contributed by atoms with Gasteiger partial charge < -0.3 is 5.11 Å². The Morgan fingerprint density at radius 1 is 1.14 bits per heavy atom. The molecular formula is C17H21N3O2. The third kappa shape index (κ3) is 2.56. The zero-order valence-corrected chi connectivity index (χ0v) is 13.2. The molecule has 0 aromatic carbocycles. The predicted octanol–water partition coefficient (Wildman–Crippen LogP) is 4.12. The van der Waals surface area contributed by atoms with Crippen molar-refractivity contribution >= 4 is 11.6 Å². The Kier molecular flexibility index (Phi) is 3.81. The molecular weight excluding hydrogens is 278 g/mol. The molecule has 5 heteroatoms. The van der Waals surface area contributed by atoms with Crippen molar-refractivity contribution in [2.75, 3.05) is 0 Å². The molecule has 1 fully saturated rings. The fourth-order valence-corrected chi connectivity index (χ4v) is 3.38. The first-order chi connectivity index (χ1) is 10.5. The van der Waals surface area contributed by atoms with E-state index < -0.39 is 0 Å². The number of pyridine rings is 1. The average Bonchev–Trinajstić information content (AvgIpc) is 2.71. The number of carbonyl (C=O) groups is 1. The highest BCUT2D eigenvalue weighted by Gasteiger charge is 2.47. The average molecular weight is 299 g/mol. The number of rotatable bonds is 2. The van der Waals surface area contributed by atoms with Gasteiger partial charge in [-0.1, -0.05) is 19.9 Å². The number of aromatic nitrogens is 1. The monoisotopic (exact) mass is 299 g/mol. The molecule has 0 aliphatic heterocycles. The van der Waals surface area contributed by atoms with Crippen LogP contribution in [-0.2, 0) is 4.79 Å². The summed E-state index contributed by atoms with van der Waals surface area (Å²) >= 11 is 0. The van der Waals surface area contributed by atoms with Crippen LogP contribution in [0.3, 0.4) is 0 Å². The molecule has 0 spiro atoms. The molecule has 2 aliphatic carbocycles. The molecule has 1 saturated carbocycles. The molecule has 4 atom stereocenters. The van der Waals surface area contributed by atoms with Crippen LogP contribution in [0.15, 0.2) is 40.0 Å². The van der Waals surface area contributed by atoms with Gasteiger partial charge in [-0.25, -0.2) is 4.98 Å². The van der Waals surface area contributed by atoms with Gasteiger partial charge in [-0.15, -0.1) is 10.2 Å². The molecule has 4 unspecified atom stereocenters. The van der Waals surface area contributed by atoms with Crippen molar-refractivity contribution in [2.45, 2.75) is 33.6 Å². The van der Waals surface area contributed by atoms with Gasteiger partial charge in [-0.2, -0.15) is 0 Å². The highest BCUT2D eigenvalue weighted by atomic mass is 16.3. The van der Waals surface area contributed by atoms with E-state index in [0.717, 1.165) is 18.4 Å². The molecule has 1 heterocycles. The lowest BCUT2D eigenvalue weighted by Crippen LogP contribution is -2.30. The highest BCUT2D eigenvalue weighted by Crippen LogP contribution is 2.47. The molecule has 5 nitrogen and oxygen atoms in total. The topological polar surface area (TPSA) is 74.9 Å². The second-order valence-corrected chi connectivity index (χ2v) is 6.63. The van der Waals surface area contributed by atoms with E-state index in [1.807, 2.05) is 13.0 Å². The normalized spacial score (nSPS) is 31.9. The zero-order valence-electron chi connectivity index (χ0n) is 13.2. The number of aliphatic hydroxyl groups excluding tert-OH is 1. The quantitative estimate of drug-likeness (QED) is 0.834. The van der Waals surface area contributed by atoms with Crippen LogP contribution >= 0.6 is 0 Å². The van der Waals surface area contributed by atoms with Crippen molar-refractivity contribution < 1.29 is 9.90 Å². The van der Waals surface area contributed by atoms with E-state index in [-0.39, 0.29) is 29.1 Å². The molecule has 2 aliphatic rings. The summed E-state index contributed by atoms with van der Waals surface area (Å²) in [6.07, 6.45) is 3.35. The molecule has 1 aromatic heterocycles. The van der Waals surface area contributed by atoms with E-state index in [9.17, 15) is 9.90 Å². The first kappa shape index (κ1) is 14.9. The Labute approximate surface area is 130 Å². The fraction of sp³-hybridized carbons (Fsp3) is 0.529. The van der Waals surface area contributed by atoms with Crippen LogP contribution in [0.5, 0.6) is 0 Å². The maximum Gasteiger partial charge on any atom is 0.190 e. The van der Waals surface area contributed by atoms with Gasteiger partial charge in [0.2, 0.25) is 0 Å². The Hall–Kier alpha value is -2.04. The Bertz CT molecular complexity index is 648. The number of hydrogen-bond acceptors (Lipinski definition) is 5. The van der Waals surface area contributed by atoms with Crippen LogP contribution < -0.4 is 0 Å². The van der Waals surface area contributed by atoms with E-state index in [1.54, 1.807) is 12.3 Å². The smallest absolute Gasteiger partial charge is 0.190 e. The van der Waals surface area contributed by atoms with Crippen LogP contribution in [0.25, 0.3) is 0 Å². The largest absolute Gasteiger partial charge is 0.510 e. The first-order valence-electron chi connectivity index (χ1n) is 7.79. The number of carbonyl (C=O) groups excluding carboxylic acids is 1. The van der Waals surface area contributed by atoms with Gasteiger partial charge in [0.25, 0.3) is 0 Å². The number of azo groups is 1. The van der Waals surface area contributed by atoms with Crippen molar-refractivity contribution in [3.8, 4) is 0 Å². The van der Waals surface area contributed by atoms with Gasteiger partial charge in [-0.3, -0.25) is 4.79 Å². The fourth-order valence-electron chi connectivity index (χ4n) is 3.38. The number of nitrogens with zero attached hydrogens (tertiary/aromatic N) is 3. The summed E-state index contributed by atoms with van der Waals surface area (Å²) < 4.78 is 0. The Morgan fingerprint density at radius 2 is 1.82 bits per heavy atom. The first-order valence-corrected chi connectivity index (χ1v) is 7.79. The van der Waals surface area contributed by atoms with Gasteiger partial charge in [0.15, 0.2) is 17.3 Å². The van der Waals surface area contributed by atoms with Crippen molar-refractivity contribution in [2.24, 2.45) is 33.9 Å². The Morgan fingerprint density at radius 3 is 2.45 bits per heavy atom. The van der Waals surface area contributed by atoms with Gasteiger partial charge in [0, 0.05) is 18.0 Å². The maximum atomic E-state index is 12.5. The standard InChI is InChI=1S/C17H21N3O2/c1-9-4-5-14(18-8-9)19-20-15-16(21)12-6-10(2)11(3)7-13(12)17(15)22/h4-5,8,10-13,21H,6-7H2,1-3H3. The second-order valence-electron chi connectivity index (χ2n) is 6.63. The molecule has 0 bridgehead atoms. The van der Waals surface area contributed by atoms with Gasteiger partial charge in [0.1, 0.15) is 5.76 Å². The van der Waals surface area contributed by atoms with Crippen LogP contribution in [0.4, 0.5) is 5.82 Å². The van der Waals surface area contributed by atoms with Crippen LogP contribution in [0, 0.1) is 30.6 Å². The lowest BCUT2D eigenvalue weighted by molar-refractivity contribution is -0.121. The number of Topliss-reactive ketones (excluding diaryl/α,β-unsaturated/α-hetero) is 1. The second kappa shape index (κ2) is 5.63. The van der Waals surface area contributed by atoms with Crippen molar-refractivity contribution in [1.82, 2.24) is 4.98 Å². The van der Waals surface area contributed by atoms with Crippen LogP contribution in [-0.4, -0.2) is 15.9 Å². The molecule has 1 aromatic rings. The third-order valence-corrected chi connectivity index (χ3v) is 5.02. The Balaban J connectivity index is 1.84. The van der Waals surface area contributed by atoms with E-state index >= 15 is 0 Å². The summed E-state index contributed by atoms with van der Waals surface area (Å²) in [5.41, 5.74) is 1.16. The lowest BCUT2D eigenvalue weighted by Gasteiger charge is -2.34. The van der Waals surface area contributed by atoms with Gasteiger partial charge in [-0.05, 0) is 43.2 Å². The lowest BCUT2D eigenvalue weighted by atomic mass is 9.70. The van der Waals surface area contributed by atoms with Crippen LogP contribution in [0.2, 0.25) is 0 Å². The number of allylic oxidation sites excluding steroid dienone is 2. The summed E-state index contributed by atoms with van der Waals surface area (Å²) in [5, 5.41) is 18.4. The zero-order chi connectivity index (χ0) is 15.9. The summed E-state index contributed by atoms with van der Waals surface area (Å²) in [7, 11) is 0. The number of aryl methyl sites for hydroxylation is 1. The predicted molar refractivity (Wildman–Crippen MR) is 82.7 cm³/mol. The summed E-state index contributed by atoms with van der Waals surface area (Å²) in [5.74, 6) is 1.26. The maximum absolute atomic E-state index is 12.5. The number of ketones is 1. The third-order valence-electron chi connectivity index (χ3n) is 5.02. The van der Waals surface area contributed by atoms with E-state index in [0.29, 0.717) is 17.7 Å². The van der Waals surface area contributed by atoms with Crippen molar-refractivity contribution in [1.29, 1.82) is 0 Å². The molecule has 116 valence electrons. The van der Waals surface area contributed by atoms with Gasteiger partial charge in [0.05, 0.1) is 0 Å². The molecule has 3 rings (SSSR count). The number of hydrogen-bond donors (Lipinski definition) is 1. The highest BCUT2D eigenvalue weighted by molar-refractivity contribution is 6.00. The molecule has 0 radical (unpaired) electrons. The number of aliphatic hydroxyl groups is 1. The molecule has 0 amide bonds. The molecule has 22 heavy (non-hydrogen) atoms. The minimum atomic E-state index is -0.133.